The van der Waals surface area contributed by atoms with Crippen LogP contribution in [0.5, 0.6) is 5.75 Å². The van der Waals surface area contributed by atoms with Gasteiger partial charge in [-0.05, 0) is 42.5 Å². The number of rotatable bonds is 7. The Kier molecular flexibility index (Phi) is 6.98. The van der Waals surface area contributed by atoms with Crippen molar-refractivity contribution < 1.29 is 22.3 Å². The summed E-state index contributed by atoms with van der Waals surface area (Å²) in [6.07, 6.45) is 8.26. The Labute approximate surface area is 206 Å². The lowest BCUT2D eigenvalue weighted by Gasteiger charge is -2.32. The van der Waals surface area contributed by atoms with Crippen molar-refractivity contribution in [1.29, 1.82) is 0 Å². The molecule has 9 heteroatoms. The average molecular weight is 502 g/mol. The third-order valence-corrected chi connectivity index (χ3v) is 8.74. The SMILES string of the molecule is O=C1CN(c2c(OCc3ccccc3)cc3c(c2F)CN(CCC2CCCCC2)CC3)S(=O)(=O)N1. The van der Waals surface area contributed by atoms with Crippen molar-refractivity contribution >= 4 is 21.8 Å². The van der Waals surface area contributed by atoms with Gasteiger partial charge in [-0.2, -0.15) is 8.42 Å². The van der Waals surface area contributed by atoms with Crippen LogP contribution in [0.3, 0.4) is 0 Å². The second kappa shape index (κ2) is 10.1. The number of ether oxygens (including phenoxy) is 1. The topological polar surface area (TPSA) is 79.0 Å². The highest BCUT2D eigenvalue weighted by Gasteiger charge is 2.39. The van der Waals surface area contributed by atoms with Crippen LogP contribution in [-0.2, 0) is 34.6 Å². The van der Waals surface area contributed by atoms with Gasteiger partial charge in [-0.1, -0.05) is 62.4 Å². The first-order valence-electron chi connectivity index (χ1n) is 12.5. The second-order valence-electron chi connectivity index (χ2n) is 9.81. The molecule has 5 rings (SSSR count). The van der Waals surface area contributed by atoms with E-state index in [9.17, 15) is 13.2 Å². The van der Waals surface area contributed by atoms with Gasteiger partial charge in [0.25, 0.3) is 5.91 Å². The Balaban J connectivity index is 1.42. The molecule has 2 aromatic rings. The summed E-state index contributed by atoms with van der Waals surface area (Å²) in [6, 6.07) is 11.2. The van der Waals surface area contributed by atoms with Crippen molar-refractivity contribution in [2.45, 2.75) is 58.1 Å². The molecule has 0 radical (unpaired) electrons. The number of anilines is 1. The number of fused-ring (bicyclic) bond motifs is 1. The van der Waals surface area contributed by atoms with Crippen LogP contribution in [0.1, 0.15) is 55.2 Å². The number of carbonyl (C=O) groups excluding carboxylic acids is 1. The van der Waals surface area contributed by atoms with Crippen LogP contribution in [0, 0.1) is 11.7 Å². The van der Waals surface area contributed by atoms with Crippen molar-refractivity contribution in [2.75, 3.05) is 23.9 Å². The molecule has 0 bridgehead atoms. The van der Waals surface area contributed by atoms with Crippen molar-refractivity contribution in [3.63, 3.8) is 0 Å². The summed E-state index contributed by atoms with van der Waals surface area (Å²) in [6.45, 7) is 1.86. The van der Waals surface area contributed by atoms with Gasteiger partial charge in [0.05, 0.1) is 0 Å². The standard InChI is InChI=1S/C26H32FN3O4S/c27-25-22-16-29(13-11-19-7-3-1-4-8-19)14-12-21(22)15-23(34-18-20-9-5-2-6-10-20)26(25)30-17-24(31)28-35(30,32)33/h2,5-6,9-10,15,19H,1,3-4,7-8,11-14,16-18H2,(H,28,31). The molecule has 0 atom stereocenters. The molecule has 1 N–H and O–H groups in total. The van der Waals surface area contributed by atoms with Crippen molar-refractivity contribution in [3.05, 3.63) is 58.9 Å². The molecular formula is C26H32FN3O4S. The normalized spacial score (nSPS) is 20.5. The smallest absolute Gasteiger partial charge is 0.326 e. The first kappa shape index (κ1) is 24.1. The third-order valence-electron chi connectivity index (χ3n) is 7.36. The minimum atomic E-state index is -4.18. The van der Waals surface area contributed by atoms with E-state index in [0.29, 0.717) is 18.5 Å². The zero-order valence-corrected chi connectivity index (χ0v) is 20.7. The van der Waals surface area contributed by atoms with E-state index in [1.807, 2.05) is 35.1 Å². The molecule has 1 aliphatic carbocycles. The number of amides is 1. The molecule has 0 unspecified atom stereocenters. The average Bonchev–Trinajstić information content (AvgIpc) is 3.14. The van der Waals surface area contributed by atoms with Crippen LogP contribution in [0.25, 0.3) is 0 Å². The molecule has 3 aliphatic rings. The van der Waals surface area contributed by atoms with Crippen LogP contribution in [-0.4, -0.2) is 38.9 Å². The predicted molar refractivity (Wildman–Crippen MR) is 132 cm³/mol. The maximum absolute atomic E-state index is 16.1. The third kappa shape index (κ3) is 5.30. The van der Waals surface area contributed by atoms with E-state index in [4.69, 9.17) is 4.74 Å². The molecule has 1 saturated heterocycles. The quantitative estimate of drug-likeness (QED) is 0.622. The van der Waals surface area contributed by atoms with E-state index in [0.717, 1.165) is 40.9 Å². The van der Waals surface area contributed by atoms with Gasteiger partial charge in [0.2, 0.25) is 0 Å². The fourth-order valence-electron chi connectivity index (χ4n) is 5.44. The Hall–Kier alpha value is -2.65. The highest BCUT2D eigenvalue weighted by Crippen LogP contribution is 2.40. The summed E-state index contributed by atoms with van der Waals surface area (Å²) in [5, 5.41) is 0. The van der Waals surface area contributed by atoms with E-state index in [-0.39, 0.29) is 18.0 Å². The Morgan fingerprint density at radius 2 is 1.86 bits per heavy atom. The second-order valence-corrected chi connectivity index (χ2v) is 11.4. The molecule has 2 aliphatic heterocycles. The molecule has 7 nitrogen and oxygen atoms in total. The predicted octanol–water partition coefficient (Wildman–Crippen LogP) is 3.91. The van der Waals surface area contributed by atoms with Crippen LogP contribution in [0.15, 0.2) is 36.4 Å². The Morgan fingerprint density at radius 1 is 1.09 bits per heavy atom. The van der Waals surface area contributed by atoms with Gasteiger partial charge in [-0.15, -0.1) is 0 Å². The monoisotopic (exact) mass is 501 g/mol. The van der Waals surface area contributed by atoms with Gasteiger partial charge in [-0.3, -0.25) is 9.69 Å². The van der Waals surface area contributed by atoms with E-state index in [2.05, 4.69) is 4.90 Å². The van der Waals surface area contributed by atoms with Gasteiger partial charge < -0.3 is 4.74 Å². The summed E-state index contributed by atoms with van der Waals surface area (Å²) in [5.41, 5.74) is 2.02. The molecule has 1 saturated carbocycles. The molecule has 188 valence electrons. The minimum Gasteiger partial charge on any atom is -0.487 e. The van der Waals surface area contributed by atoms with Gasteiger partial charge in [0, 0.05) is 18.7 Å². The number of hydrogen-bond donors (Lipinski definition) is 1. The lowest BCUT2D eigenvalue weighted by atomic mass is 9.86. The van der Waals surface area contributed by atoms with E-state index in [1.54, 1.807) is 6.07 Å². The van der Waals surface area contributed by atoms with Crippen molar-refractivity contribution in [1.82, 2.24) is 9.62 Å². The summed E-state index contributed by atoms with van der Waals surface area (Å²) in [7, 11) is -4.18. The van der Waals surface area contributed by atoms with Crippen LogP contribution < -0.4 is 13.8 Å². The van der Waals surface area contributed by atoms with E-state index in [1.165, 1.54) is 32.1 Å². The fourth-order valence-corrected chi connectivity index (χ4v) is 6.60. The number of hydrogen-bond acceptors (Lipinski definition) is 5. The molecule has 2 aromatic carbocycles. The maximum atomic E-state index is 16.1. The number of nitrogens with zero attached hydrogens (tertiary/aromatic N) is 2. The summed E-state index contributed by atoms with van der Waals surface area (Å²) in [4.78, 5) is 14.2. The molecule has 35 heavy (non-hydrogen) atoms. The number of carbonyl (C=O) groups is 1. The van der Waals surface area contributed by atoms with Crippen LogP contribution in [0.4, 0.5) is 10.1 Å². The fraction of sp³-hybridized carbons (Fsp3) is 0.500. The maximum Gasteiger partial charge on any atom is 0.326 e. The van der Waals surface area contributed by atoms with Crippen molar-refractivity contribution in [2.24, 2.45) is 5.92 Å². The Bertz CT molecular complexity index is 1180. The van der Waals surface area contributed by atoms with Crippen LogP contribution in [0.2, 0.25) is 0 Å². The summed E-state index contributed by atoms with van der Waals surface area (Å²) in [5.74, 6) is -0.426. The number of halogens is 1. The molecule has 0 aromatic heterocycles. The zero-order chi connectivity index (χ0) is 24.4. The number of benzene rings is 2. The van der Waals surface area contributed by atoms with Gasteiger partial charge in [0.1, 0.15) is 24.6 Å². The van der Waals surface area contributed by atoms with E-state index >= 15 is 4.39 Å². The minimum absolute atomic E-state index is 0.140. The summed E-state index contributed by atoms with van der Waals surface area (Å²) < 4.78 is 50.0. The van der Waals surface area contributed by atoms with Gasteiger partial charge >= 0.3 is 10.2 Å². The number of nitrogens with one attached hydrogen (secondary N) is 1. The highest BCUT2D eigenvalue weighted by molar-refractivity contribution is 7.92. The van der Waals surface area contributed by atoms with Gasteiger partial charge in [0.15, 0.2) is 5.82 Å². The van der Waals surface area contributed by atoms with Crippen molar-refractivity contribution in [3.8, 4) is 5.75 Å². The molecule has 2 heterocycles. The lowest BCUT2D eigenvalue weighted by Crippen LogP contribution is -2.35. The molecular weight excluding hydrogens is 469 g/mol. The van der Waals surface area contributed by atoms with Gasteiger partial charge in [-0.25, -0.2) is 13.4 Å². The van der Waals surface area contributed by atoms with Crippen LogP contribution >= 0.6 is 0 Å². The summed E-state index contributed by atoms with van der Waals surface area (Å²) >= 11 is 0. The molecule has 1 amide bonds. The first-order chi connectivity index (χ1) is 16.9. The lowest BCUT2D eigenvalue weighted by molar-refractivity contribution is -0.117. The zero-order valence-electron chi connectivity index (χ0n) is 19.8. The first-order valence-corrected chi connectivity index (χ1v) is 13.9. The molecule has 2 fully saturated rings. The van der Waals surface area contributed by atoms with E-state index < -0.39 is 28.5 Å². The molecule has 0 spiro atoms. The largest absolute Gasteiger partial charge is 0.487 e. The Morgan fingerprint density at radius 3 is 2.57 bits per heavy atom. The highest BCUT2D eigenvalue weighted by atomic mass is 32.2.